The molecule has 0 saturated heterocycles. The monoisotopic (exact) mass is 273 g/mol. The smallest absolute Gasteiger partial charge is 0.126 e. The molecule has 0 aliphatic carbocycles. The van der Waals surface area contributed by atoms with Gasteiger partial charge in [-0.15, -0.1) is 0 Å². The van der Waals surface area contributed by atoms with Crippen molar-refractivity contribution in [2.45, 2.75) is 27.0 Å². The minimum absolute atomic E-state index is 0.204. The summed E-state index contributed by atoms with van der Waals surface area (Å²) in [5, 5.41) is 3.31. The standard InChI is InChI=1S/C17H20FNO/c1-3-19-11-14-6-4-5-7-15(14)12-20-16-8-9-17(18)13(2)10-16/h4-10,19H,3,11-12H2,1-2H3. The topological polar surface area (TPSA) is 21.3 Å². The molecule has 0 unspecified atom stereocenters. The van der Waals surface area contributed by atoms with Gasteiger partial charge in [0.05, 0.1) is 0 Å². The zero-order valence-electron chi connectivity index (χ0n) is 11.9. The fourth-order valence-electron chi connectivity index (χ4n) is 2.00. The van der Waals surface area contributed by atoms with E-state index in [9.17, 15) is 4.39 Å². The summed E-state index contributed by atoms with van der Waals surface area (Å²) in [5.74, 6) is 0.493. The predicted molar refractivity (Wildman–Crippen MR) is 79.3 cm³/mol. The highest BCUT2D eigenvalue weighted by atomic mass is 19.1. The second-order valence-corrected chi connectivity index (χ2v) is 4.75. The Balaban J connectivity index is 2.04. The maximum atomic E-state index is 13.2. The zero-order chi connectivity index (χ0) is 14.4. The van der Waals surface area contributed by atoms with Crippen molar-refractivity contribution in [1.82, 2.24) is 5.32 Å². The van der Waals surface area contributed by atoms with Gasteiger partial charge < -0.3 is 10.1 Å². The first-order valence-electron chi connectivity index (χ1n) is 6.87. The molecule has 0 radical (unpaired) electrons. The van der Waals surface area contributed by atoms with Crippen molar-refractivity contribution < 1.29 is 9.13 Å². The highest BCUT2D eigenvalue weighted by molar-refractivity contribution is 5.30. The van der Waals surface area contributed by atoms with Gasteiger partial charge in [-0.1, -0.05) is 31.2 Å². The molecule has 0 heterocycles. The van der Waals surface area contributed by atoms with E-state index >= 15 is 0 Å². The van der Waals surface area contributed by atoms with Crippen molar-refractivity contribution in [3.8, 4) is 5.75 Å². The molecule has 20 heavy (non-hydrogen) atoms. The van der Waals surface area contributed by atoms with Crippen LogP contribution in [0.4, 0.5) is 4.39 Å². The lowest BCUT2D eigenvalue weighted by molar-refractivity contribution is 0.304. The summed E-state index contributed by atoms with van der Waals surface area (Å²) >= 11 is 0. The molecule has 0 aliphatic heterocycles. The van der Waals surface area contributed by atoms with E-state index in [2.05, 4.69) is 24.4 Å². The van der Waals surface area contributed by atoms with Gasteiger partial charge in [-0.25, -0.2) is 4.39 Å². The number of ether oxygens (including phenoxy) is 1. The van der Waals surface area contributed by atoms with Crippen LogP contribution in [-0.4, -0.2) is 6.54 Å². The first-order valence-corrected chi connectivity index (χ1v) is 6.87. The summed E-state index contributed by atoms with van der Waals surface area (Å²) in [6.45, 7) is 6.08. The molecule has 2 rings (SSSR count). The highest BCUT2D eigenvalue weighted by Crippen LogP contribution is 2.18. The van der Waals surface area contributed by atoms with Crippen LogP contribution in [-0.2, 0) is 13.2 Å². The van der Waals surface area contributed by atoms with Gasteiger partial charge >= 0.3 is 0 Å². The van der Waals surface area contributed by atoms with Crippen molar-refractivity contribution in [1.29, 1.82) is 0 Å². The molecular weight excluding hydrogens is 253 g/mol. The number of hydrogen-bond acceptors (Lipinski definition) is 2. The third-order valence-corrected chi connectivity index (χ3v) is 3.21. The number of rotatable bonds is 6. The Kier molecular flexibility index (Phi) is 5.13. The van der Waals surface area contributed by atoms with Crippen molar-refractivity contribution >= 4 is 0 Å². The molecule has 2 aromatic rings. The van der Waals surface area contributed by atoms with E-state index in [-0.39, 0.29) is 5.82 Å². The van der Waals surface area contributed by atoms with Crippen LogP contribution in [0.5, 0.6) is 5.75 Å². The van der Waals surface area contributed by atoms with Crippen molar-refractivity contribution in [3.63, 3.8) is 0 Å². The highest BCUT2D eigenvalue weighted by Gasteiger charge is 2.04. The van der Waals surface area contributed by atoms with Gasteiger partial charge in [-0.2, -0.15) is 0 Å². The molecule has 0 spiro atoms. The van der Waals surface area contributed by atoms with E-state index in [0.717, 1.165) is 18.7 Å². The third kappa shape index (κ3) is 3.81. The van der Waals surface area contributed by atoms with Crippen LogP contribution in [0.1, 0.15) is 23.6 Å². The molecule has 2 nitrogen and oxygen atoms in total. The summed E-state index contributed by atoms with van der Waals surface area (Å²) in [6.07, 6.45) is 0. The molecule has 106 valence electrons. The van der Waals surface area contributed by atoms with Gasteiger partial charge in [0.1, 0.15) is 18.2 Å². The lowest BCUT2D eigenvalue weighted by Gasteiger charge is -2.12. The van der Waals surface area contributed by atoms with Crippen LogP contribution >= 0.6 is 0 Å². The van der Waals surface area contributed by atoms with Gasteiger partial charge in [0.2, 0.25) is 0 Å². The summed E-state index contributed by atoms with van der Waals surface area (Å²) in [6, 6.07) is 13.0. The van der Waals surface area contributed by atoms with E-state index in [1.807, 2.05) is 12.1 Å². The molecule has 0 atom stereocenters. The largest absolute Gasteiger partial charge is 0.489 e. The Morgan fingerprint density at radius 3 is 2.55 bits per heavy atom. The van der Waals surface area contributed by atoms with Crippen molar-refractivity contribution in [3.05, 3.63) is 65.0 Å². The average molecular weight is 273 g/mol. The van der Waals surface area contributed by atoms with Gasteiger partial charge in [0, 0.05) is 6.54 Å². The number of hydrogen-bond donors (Lipinski definition) is 1. The van der Waals surface area contributed by atoms with Crippen LogP contribution < -0.4 is 10.1 Å². The zero-order valence-corrected chi connectivity index (χ0v) is 11.9. The van der Waals surface area contributed by atoms with E-state index in [4.69, 9.17) is 4.74 Å². The number of aryl methyl sites for hydroxylation is 1. The summed E-state index contributed by atoms with van der Waals surface area (Å²) in [7, 11) is 0. The summed E-state index contributed by atoms with van der Waals surface area (Å²) in [5.41, 5.74) is 2.98. The van der Waals surface area contributed by atoms with E-state index < -0.39 is 0 Å². The van der Waals surface area contributed by atoms with Crippen LogP contribution in [0.15, 0.2) is 42.5 Å². The third-order valence-electron chi connectivity index (χ3n) is 3.21. The van der Waals surface area contributed by atoms with Crippen LogP contribution in [0, 0.1) is 12.7 Å². The first-order chi connectivity index (χ1) is 9.70. The molecule has 0 bridgehead atoms. The maximum Gasteiger partial charge on any atom is 0.126 e. The Bertz CT molecular complexity index is 569. The molecule has 0 amide bonds. The molecule has 0 fully saturated rings. The lowest BCUT2D eigenvalue weighted by Crippen LogP contribution is -2.13. The number of nitrogens with one attached hydrogen (secondary N) is 1. The number of benzene rings is 2. The van der Waals surface area contributed by atoms with Gasteiger partial charge in [0.15, 0.2) is 0 Å². The fraction of sp³-hybridized carbons (Fsp3) is 0.294. The second-order valence-electron chi connectivity index (χ2n) is 4.75. The van der Waals surface area contributed by atoms with Gasteiger partial charge in [-0.05, 0) is 48.4 Å². The molecular formula is C17H20FNO. The molecule has 0 saturated carbocycles. The van der Waals surface area contributed by atoms with Crippen LogP contribution in [0.25, 0.3) is 0 Å². The minimum Gasteiger partial charge on any atom is -0.489 e. The summed E-state index contributed by atoms with van der Waals surface area (Å²) in [4.78, 5) is 0. The Hall–Kier alpha value is -1.87. The van der Waals surface area contributed by atoms with E-state index in [1.54, 1.807) is 19.1 Å². The Morgan fingerprint density at radius 1 is 1.10 bits per heavy atom. The fourth-order valence-corrected chi connectivity index (χ4v) is 2.00. The van der Waals surface area contributed by atoms with E-state index in [0.29, 0.717) is 17.9 Å². The Morgan fingerprint density at radius 2 is 1.85 bits per heavy atom. The average Bonchev–Trinajstić information content (AvgIpc) is 2.47. The first kappa shape index (κ1) is 14.5. The van der Waals surface area contributed by atoms with Crippen molar-refractivity contribution in [2.75, 3.05) is 6.54 Å². The SMILES string of the molecule is CCNCc1ccccc1COc1ccc(F)c(C)c1. The van der Waals surface area contributed by atoms with E-state index in [1.165, 1.54) is 11.6 Å². The van der Waals surface area contributed by atoms with Gasteiger partial charge in [-0.3, -0.25) is 0 Å². The minimum atomic E-state index is -0.204. The molecule has 0 aromatic heterocycles. The Labute approximate surface area is 119 Å². The molecule has 0 aliphatic rings. The summed E-state index contributed by atoms with van der Waals surface area (Å²) < 4.78 is 19.0. The van der Waals surface area contributed by atoms with Crippen LogP contribution in [0.3, 0.4) is 0 Å². The molecule has 1 N–H and O–H groups in total. The normalized spacial score (nSPS) is 10.6. The quantitative estimate of drug-likeness (QED) is 0.864. The number of halogens is 1. The van der Waals surface area contributed by atoms with Crippen molar-refractivity contribution in [2.24, 2.45) is 0 Å². The predicted octanol–water partition coefficient (Wildman–Crippen LogP) is 3.82. The molecule has 2 aromatic carbocycles. The molecule has 3 heteroatoms. The van der Waals surface area contributed by atoms with Crippen LogP contribution in [0.2, 0.25) is 0 Å². The van der Waals surface area contributed by atoms with Gasteiger partial charge in [0.25, 0.3) is 0 Å². The maximum absolute atomic E-state index is 13.2. The second kappa shape index (κ2) is 7.06. The lowest BCUT2D eigenvalue weighted by atomic mass is 10.1.